The number of carbonyl (C=O) groups excluding carboxylic acids is 1. The summed E-state index contributed by atoms with van der Waals surface area (Å²) in [5, 5.41) is 5.61. The average molecular weight is 332 g/mol. The molecule has 128 valence electrons. The second-order valence-corrected chi connectivity index (χ2v) is 8.93. The first-order valence-electron chi connectivity index (χ1n) is 7.64. The van der Waals surface area contributed by atoms with Gasteiger partial charge in [-0.15, -0.1) is 0 Å². The van der Waals surface area contributed by atoms with Crippen LogP contribution in [0.4, 0.5) is 4.79 Å². The number of ether oxygens (including phenoxy) is 1. The molecule has 1 aliphatic carbocycles. The maximum Gasteiger partial charge on any atom is 0.407 e. The molecule has 2 unspecified atom stereocenters. The fourth-order valence-electron chi connectivity index (χ4n) is 2.51. The standard InChI is InChI=1S/C15H28N2O4S/c1-15(2,3)21-14(18)17-11-6-5-10-16-12-8-7-9-13(12)22(4,19)20/h5-6,12-13,16H,7-11H2,1-4H3,(H,17,18)/b6-5+. The molecule has 1 saturated carbocycles. The van der Waals surface area contributed by atoms with Crippen LogP contribution in [0.5, 0.6) is 0 Å². The summed E-state index contributed by atoms with van der Waals surface area (Å²) in [6.07, 6.45) is 7.13. The molecule has 0 aromatic heterocycles. The van der Waals surface area contributed by atoms with Crippen molar-refractivity contribution in [1.82, 2.24) is 10.6 Å². The zero-order valence-electron chi connectivity index (χ0n) is 13.9. The van der Waals surface area contributed by atoms with Gasteiger partial charge in [0, 0.05) is 25.4 Å². The van der Waals surface area contributed by atoms with Crippen molar-refractivity contribution in [1.29, 1.82) is 0 Å². The van der Waals surface area contributed by atoms with Crippen LogP contribution >= 0.6 is 0 Å². The zero-order valence-corrected chi connectivity index (χ0v) is 14.7. The Kier molecular flexibility index (Phi) is 6.87. The normalized spacial score (nSPS) is 22.9. The molecule has 1 aliphatic rings. The van der Waals surface area contributed by atoms with Crippen LogP contribution in [-0.4, -0.2) is 50.7 Å². The molecule has 1 fully saturated rings. The highest BCUT2D eigenvalue weighted by atomic mass is 32.2. The Morgan fingerprint density at radius 1 is 1.23 bits per heavy atom. The number of sulfone groups is 1. The molecule has 0 heterocycles. The van der Waals surface area contributed by atoms with E-state index < -0.39 is 21.5 Å². The molecule has 2 N–H and O–H groups in total. The molecular formula is C15H28N2O4S. The van der Waals surface area contributed by atoms with Gasteiger partial charge in [0.25, 0.3) is 0 Å². The molecule has 0 aliphatic heterocycles. The summed E-state index contributed by atoms with van der Waals surface area (Å²) in [6.45, 7) is 6.41. The third-order valence-corrected chi connectivity index (χ3v) is 5.09. The maximum atomic E-state index is 11.6. The van der Waals surface area contributed by atoms with Crippen molar-refractivity contribution in [2.75, 3.05) is 19.3 Å². The minimum atomic E-state index is -2.99. The number of nitrogens with one attached hydrogen (secondary N) is 2. The molecular weight excluding hydrogens is 304 g/mol. The first-order chi connectivity index (χ1) is 10.1. The number of alkyl carbamates (subject to hydrolysis) is 1. The van der Waals surface area contributed by atoms with Gasteiger partial charge in [0.05, 0.1) is 5.25 Å². The lowest BCUT2D eigenvalue weighted by atomic mass is 10.2. The molecule has 0 bridgehead atoms. The van der Waals surface area contributed by atoms with E-state index in [9.17, 15) is 13.2 Å². The van der Waals surface area contributed by atoms with Crippen molar-refractivity contribution < 1.29 is 17.9 Å². The summed E-state index contributed by atoms with van der Waals surface area (Å²) < 4.78 is 28.4. The smallest absolute Gasteiger partial charge is 0.407 e. The van der Waals surface area contributed by atoms with Crippen molar-refractivity contribution in [3.05, 3.63) is 12.2 Å². The number of amides is 1. The van der Waals surface area contributed by atoms with Gasteiger partial charge in [0.1, 0.15) is 5.60 Å². The summed E-state index contributed by atoms with van der Waals surface area (Å²) in [6, 6.07) is 0.0264. The van der Waals surface area contributed by atoms with Crippen molar-refractivity contribution in [3.63, 3.8) is 0 Å². The maximum absolute atomic E-state index is 11.6. The van der Waals surface area contributed by atoms with E-state index in [4.69, 9.17) is 4.74 Å². The third kappa shape index (κ3) is 7.26. The molecule has 0 saturated heterocycles. The van der Waals surface area contributed by atoms with Crippen LogP contribution in [0.2, 0.25) is 0 Å². The molecule has 1 amide bonds. The minimum Gasteiger partial charge on any atom is -0.444 e. The fourth-order valence-corrected chi connectivity index (χ4v) is 3.94. The van der Waals surface area contributed by atoms with Crippen LogP contribution < -0.4 is 10.6 Å². The van der Waals surface area contributed by atoms with Crippen LogP contribution in [0.25, 0.3) is 0 Å². The quantitative estimate of drug-likeness (QED) is 0.722. The lowest BCUT2D eigenvalue weighted by molar-refractivity contribution is 0.0534. The Balaban J connectivity index is 2.23. The van der Waals surface area contributed by atoms with Crippen LogP contribution in [-0.2, 0) is 14.6 Å². The number of hydrogen-bond donors (Lipinski definition) is 2. The van der Waals surface area contributed by atoms with Crippen LogP contribution in [0.1, 0.15) is 40.0 Å². The highest BCUT2D eigenvalue weighted by molar-refractivity contribution is 7.91. The lowest BCUT2D eigenvalue weighted by Gasteiger charge is -2.19. The van der Waals surface area contributed by atoms with Gasteiger partial charge >= 0.3 is 6.09 Å². The number of hydrogen-bond acceptors (Lipinski definition) is 5. The van der Waals surface area contributed by atoms with Gasteiger partial charge in [-0.1, -0.05) is 18.6 Å². The van der Waals surface area contributed by atoms with E-state index in [2.05, 4.69) is 10.6 Å². The first kappa shape index (κ1) is 19.0. The van der Waals surface area contributed by atoms with E-state index in [1.165, 1.54) is 6.26 Å². The largest absolute Gasteiger partial charge is 0.444 e. The topological polar surface area (TPSA) is 84.5 Å². The van der Waals surface area contributed by atoms with E-state index in [0.29, 0.717) is 13.1 Å². The molecule has 22 heavy (non-hydrogen) atoms. The van der Waals surface area contributed by atoms with Crippen LogP contribution in [0.15, 0.2) is 12.2 Å². The van der Waals surface area contributed by atoms with Gasteiger partial charge in [-0.05, 0) is 33.6 Å². The van der Waals surface area contributed by atoms with Crippen LogP contribution in [0, 0.1) is 0 Å². The van der Waals surface area contributed by atoms with E-state index in [-0.39, 0.29) is 11.3 Å². The fraction of sp³-hybridized carbons (Fsp3) is 0.800. The Morgan fingerprint density at radius 2 is 1.86 bits per heavy atom. The van der Waals surface area contributed by atoms with E-state index in [0.717, 1.165) is 19.3 Å². The lowest BCUT2D eigenvalue weighted by Crippen LogP contribution is -2.40. The Hall–Kier alpha value is -1.08. The van der Waals surface area contributed by atoms with Crippen molar-refractivity contribution in [2.45, 2.75) is 56.9 Å². The summed E-state index contributed by atoms with van der Waals surface area (Å²) in [7, 11) is -2.99. The Labute approximate surface area is 133 Å². The molecule has 0 radical (unpaired) electrons. The van der Waals surface area contributed by atoms with Gasteiger partial charge in [0.2, 0.25) is 0 Å². The van der Waals surface area contributed by atoms with E-state index >= 15 is 0 Å². The number of rotatable bonds is 6. The van der Waals surface area contributed by atoms with Crippen molar-refractivity contribution in [2.24, 2.45) is 0 Å². The minimum absolute atomic E-state index is 0.0264. The molecule has 0 aromatic rings. The second-order valence-electron chi connectivity index (χ2n) is 6.67. The van der Waals surface area contributed by atoms with E-state index in [1.807, 2.05) is 32.9 Å². The number of carbonyl (C=O) groups is 1. The second kappa shape index (κ2) is 7.97. The predicted molar refractivity (Wildman–Crippen MR) is 87.7 cm³/mol. The Bertz CT molecular complexity index is 494. The van der Waals surface area contributed by atoms with Crippen molar-refractivity contribution >= 4 is 15.9 Å². The summed E-state index contributed by atoms with van der Waals surface area (Å²) in [4.78, 5) is 11.4. The molecule has 0 spiro atoms. The average Bonchev–Trinajstić information content (AvgIpc) is 2.79. The monoisotopic (exact) mass is 332 g/mol. The van der Waals surface area contributed by atoms with Gasteiger partial charge in [-0.25, -0.2) is 13.2 Å². The first-order valence-corrected chi connectivity index (χ1v) is 9.59. The molecule has 0 aromatic carbocycles. The van der Waals surface area contributed by atoms with Crippen molar-refractivity contribution in [3.8, 4) is 0 Å². The molecule has 1 rings (SSSR count). The summed E-state index contributed by atoms with van der Waals surface area (Å²) >= 11 is 0. The van der Waals surface area contributed by atoms with Gasteiger partial charge < -0.3 is 15.4 Å². The predicted octanol–water partition coefficient (Wildman–Crippen LogP) is 1.62. The SMILES string of the molecule is CC(C)(C)OC(=O)NC/C=C/CNC1CCCC1S(C)(=O)=O. The Morgan fingerprint density at radius 3 is 2.45 bits per heavy atom. The molecule has 2 atom stereocenters. The molecule has 7 heteroatoms. The summed E-state index contributed by atoms with van der Waals surface area (Å²) in [5.74, 6) is 0. The summed E-state index contributed by atoms with van der Waals surface area (Å²) in [5.41, 5.74) is -0.502. The molecule has 6 nitrogen and oxygen atoms in total. The van der Waals surface area contributed by atoms with Gasteiger partial charge in [-0.3, -0.25) is 0 Å². The highest BCUT2D eigenvalue weighted by Gasteiger charge is 2.33. The van der Waals surface area contributed by atoms with E-state index in [1.54, 1.807) is 0 Å². The van der Waals surface area contributed by atoms with Crippen LogP contribution in [0.3, 0.4) is 0 Å². The third-order valence-electron chi connectivity index (χ3n) is 3.43. The van der Waals surface area contributed by atoms with Gasteiger partial charge in [0.15, 0.2) is 9.84 Å². The zero-order chi connectivity index (χ0) is 16.8. The highest BCUT2D eigenvalue weighted by Crippen LogP contribution is 2.24. The van der Waals surface area contributed by atoms with Gasteiger partial charge in [-0.2, -0.15) is 0 Å².